The van der Waals surface area contributed by atoms with Crippen molar-refractivity contribution in [2.45, 2.75) is 19.4 Å². The number of halogens is 1. The van der Waals surface area contributed by atoms with Gasteiger partial charge in [0.2, 0.25) is 5.91 Å². The molecule has 28 heavy (non-hydrogen) atoms. The Kier molecular flexibility index (Phi) is 6.65. The molecule has 2 aromatic rings. The number of rotatable bonds is 6. The molecule has 0 radical (unpaired) electrons. The van der Waals surface area contributed by atoms with Gasteiger partial charge in [-0.1, -0.05) is 23.7 Å². The van der Waals surface area contributed by atoms with Crippen molar-refractivity contribution in [2.24, 2.45) is 5.92 Å². The van der Waals surface area contributed by atoms with Gasteiger partial charge in [-0.05, 0) is 49.7 Å². The number of piperidine rings is 1. The van der Waals surface area contributed by atoms with Crippen molar-refractivity contribution in [3.8, 4) is 11.5 Å². The van der Waals surface area contributed by atoms with Gasteiger partial charge >= 0.3 is 0 Å². The van der Waals surface area contributed by atoms with Crippen LogP contribution >= 0.6 is 11.6 Å². The van der Waals surface area contributed by atoms with Crippen LogP contribution in [0.1, 0.15) is 18.4 Å². The van der Waals surface area contributed by atoms with Crippen LogP contribution in [0.15, 0.2) is 36.4 Å². The molecule has 2 aromatic carbocycles. The molecule has 3 N–H and O–H groups in total. The minimum absolute atomic E-state index is 0.0109. The molecule has 0 bridgehead atoms. The zero-order valence-corrected chi connectivity index (χ0v) is 17.0. The number of carbonyl (C=O) groups is 1. The minimum atomic E-state index is -0.0341. The first-order valence-corrected chi connectivity index (χ1v) is 9.67. The van der Waals surface area contributed by atoms with Crippen molar-refractivity contribution in [3.05, 3.63) is 47.0 Å². The maximum absolute atomic E-state index is 12.7. The number of ether oxygens (including phenoxy) is 2. The van der Waals surface area contributed by atoms with E-state index in [2.05, 4.69) is 22.3 Å². The smallest absolute Gasteiger partial charge is 0.227 e. The van der Waals surface area contributed by atoms with Gasteiger partial charge in [-0.2, -0.15) is 0 Å². The molecule has 0 unspecified atom stereocenters. The number of carbonyl (C=O) groups excluding carboxylic acids is 1. The molecule has 0 aliphatic carbocycles. The molecule has 1 fully saturated rings. The third-order valence-corrected chi connectivity index (χ3v) is 5.43. The largest absolute Gasteiger partial charge is 0.497 e. The molecule has 150 valence electrons. The lowest BCUT2D eigenvalue weighted by atomic mass is 9.95. The highest BCUT2D eigenvalue weighted by molar-refractivity contribution is 6.33. The predicted molar refractivity (Wildman–Crippen MR) is 112 cm³/mol. The first-order valence-electron chi connectivity index (χ1n) is 9.29. The zero-order valence-electron chi connectivity index (χ0n) is 16.2. The summed E-state index contributed by atoms with van der Waals surface area (Å²) < 4.78 is 10.5. The molecule has 1 saturated heterocycles. The van der Waals surface area contributed by atoms with Gasteiger partial charge in [0.1, 0.15) is 11.5 Å². The number of methoxy groups -OCH3 is 2. The summed E-state index contributed by atoms with van der Waals surface area (Å²) in [6, 6.07) is 11.4. The lowest BCUT2D eigenvalue weighted by Crippen LogP contribution is -2.37. The topological polar surface area (TPSA) is 76.8 Å². The summed E-state index contributed by atoms with van der Waals surface area (Å²) in [6.07, 6.45) is 1.63. The van der Waals surface area contributed by atoms with Gasteiger partial charge in [0, 0.05) is 18.5 Å². The van der Waals surface area contributed by atoms with Crippen LogP contribution in [0.2, 0.25) is 5.02 Å². The summed E-state index contributed by atoms with van der Waals surface area (Å²) in [5, 5.41) is 3.33. The Labute approximate surface area is 170 Å². The van der Waals surface area contributed by atoms with Crippen LogP contribution in [0.3, 0.4) is 0 Å². The highest BCUT2D eigenvalue weighted by Gasteiger charge is 2.26. The lowest BCUT2D eigenvalue weighted by Gasteiger charge is -2.31. The molecule has 3 rings (SSSR count). The summed E-state index contributed by atoms with van der Waals surface area (Å²) in [5.41, 5.74) is 8.01. The van der Waals surface area contributed by atoms with Crippen LogP contribution < -0.4 is 20.5 Å². The van der Waals surface area contributed by atoms with E-state index < -0.39 is 0 Å². The fourth-order valence-corrected chi connectivity index (χ4v) is 3.58. The van der Waals surface area contributed by atoms with Gasteiger partial charge in [-0.3, -0.25) is 9.69 Å². The molecule has 1 aliphatic rings. The van der Waals surface area contributed by atoms with Gasteiger partial charge < -0.3 is 20.5 Å². The van der Waals surface area contributed by atoms with Crippen LogP contribution in [-0.4, -0.2) is 38.1 Å². The number of nitrogen functional groups attached to an aromatic ring is 1. The van der Waals surface area contributed by atoms with Crippen molar-refractivity contribution >= 4 is 28.9 Å². The van der Waals surface area contributed by atoms with E-state index in [0.29, 0.717) is 22.1 Å². The summed E-state index contributed by atoms with van der Waals surface area (Å²) in [4.78, 5) is 15.1. The van der Waals surface area contributed by atoms with E-state index in [1.54, 1.807) is 19.2 Å². The van der Waals surface area contributed by atoms with Crippen LogP contribution in [0.5, 0.6) is 11.5 Å². The van der Waals surface area contributed by atoms with Gasteiger partial charge in [0.15, 0.2) is 0 Å². The van der Waals surface area contributed by atoms with Crippen molar-refractivity contribution in [1.82, 2.24) is 4.90 Å². The number of nitrogens with one attached hydrogen (secondary N) is 1. The second kappa shape index (κ2) is 9.17. The number of likely N-dealkylation sites (tertiary alicyclic amines) is 1. The molecular formula is C21H26ClN3O3. The molecule has 7 heteroatoms. The standard InChI is InChI=1S/C21H26ClN3O3/c1-27-16-5-3-14(4-6-16)13-25-9-7-15(8-10-25)21(26)24-19-11-17(22)18(23)12-20(19)28-2/h3-6,11-12,15H,7-10,13,23H2,1-2H3,(H,24,26). The predicted octanol–water partition coefficient (Wildman–Crippen LogP) is 3.79. The highest BCUT2D eigenvalue weighted by atomic mass is 35.5. The molecule has 1 aliphatic heterocycles. The molecule has 0 spiro atoms. The van der Waals surface area contributed by atoms with Crippen LogP contribution in [0.4, 0.5) is 11.4 Å². The van der Waals surface area contributed by atoms with E-state index in [1.807, 2.05) is 12.1 Å². The molecule has 0 saturated carbocycles. The third kappa shape index (κ3) is 4.88. The van der Waals surface area contributed by atoms with Crippen molar-refractivity contribution in [3.63, 3.8) is 0 Å². The average molecular weight is 404 g/mol. The Morgan fingerprint density at radius 3 is 2.46 bits per heavy atom. The number of hydrogen-bond donors (Lipinski definition) is 2. The Morgan fingerprint density at radius 2 is 1.86 bits per heavy atom. The second-order valence-electron chi connectivity index (χ2n) is 6.96. The molecule has 1 heterocycles. The average Bonchev–Trinajstić information content (AvgIpc) is 2.71. The van der Waals surface area contributed by atoms with E-state index >= 15 is 0 Å². The van der Waals surface area contributed by atoms with E-state index in [9.17, 15) is 4.79 Å². The Morgan fingerprint density at radius 1 is 1.18 bits per heavy atom. The van der Waals surface area contributed by atoms with Crippen molar-refractivity contribution in [1.29, 1.82) is 0 Å². The highest BCUT2D eigenvalue weighted by Crippen LogP contribution is 2.33. The SMILES string of the molecule is COc1ccc(CN2CCC(C(=O)Nc3cc(Cl)c(N)cc3OC)CC2)cc1. The van der Waals surface area contributed by atoms with E-state index in [1.165, 1.54) is 12.7 Å². The van der Waals surface area contributed by atoms with E-state index in [4.69, 9.17) is 26.8 Å². The van der Waals surface area contributed by atoms with Crippen LogP contribution in [0.25, 0.3) is 0 Å². The van der Waals surface area contributed by atoms with Crippen LogP contribution in [0, 0.1) is 5.92 Å². The van der Waals surface area contributed by atoms with Crippen LogP contribution in [-0.2, 0) is 11.3 Å². The molecule has 6 nitrogen and oxygen atoms in total. The fraction of sp³-hybridized carbons (Fsp3) is 0.381. The minimum Gasteiger partial charge on any atom is -0.497 e. The maximum Gasteiger partial charge on any atom is 0.227 e. The third-order valence-electron chi connectivity index (χ3n) is 5.10. The lowest BCUT2D eigenvalue weighted by molar-refractivity contribution is -0.121. The van der Waals surface area contributed by atoms with Gasteiger partial charge in [-0.15, -0.1) is 0 Å². The number of benzene rings is 2. The summed E-state index contributed by atoms with van der Waals surface area (Å²) in [6.45, 7) is 2.63. The van der Waals surface area contributed by atoms with E-state index in [-0.39, 0.29) is 11.8 Å². The Bertz CT molecular complexity index is 818. The maximum atomic E-state index is 12.7. The zero-order chi connectivity index (χ0) is 20.1. The Balaban J connectivity index is 1.54. The monoisotopic (exact) mass is 403 g/mol. The quantitative estimate of drug-likeness (QED) is 0.717. The van der Waals surface area contributed by atoms with Gasteiger partial charge in [0.05, 0.1) is 30.6 Å². The van der Waals surface area contributed by atoms with Crippen molar-refractivity contribution in [2.75, 3.05) is 38.4 Å². The number of nitrogens with zero attached hydrogens (tertiary/aromatic N) is 1. The molecule has 0 atom stereocenters. The number of nitrogens with two attached hydrogens (primary N) is 1. The second-order valence-corrected chi connectivity index (χ2v) is 7.37. The number of amides is 1. The Hall–Kier alpha value is -2.44. The number of anilines is 2. The van der Waals surface area contributed by atoms with Crippen molar-refractivity contribution < 1.29 is 14.3 Å². The molecule has 0 aromatic heterocycles. The summed E-state index contributed by atoms with van der Waals surface area (Å²) >= 11 is 6.08. The summed E-state index contributed by atoms with van der Waals surface area (Å²) in [5.74, 6) is 1.32. The number of hydrogen-bond acceptors (Lipinski definition) is 5. The van der Waals surface area contributed by atoms with Gasteiger partial charge in [-0.25, -0.2) is 0 Å². The fourth-order valence-electron chi connectivity index (χ4n) is 3.41. The van der Waals surface area contributed by atoms with E-state index in [0.717, 1.165) is 38.2 Å². The van der Waals surface area contributed by atoms with Gasteiger partial charge in [0.25, 0.3) is 0 Å². The molecular weight excluding hydrogens is 378 g/mol. The first-order chi connectivity index (χ1) is 13.5. The first kappa shape index (κ1) is 20.3. The summed E-state index contributed by atoms with van der Waals surface area (Å²) in [7, 11) is 3.20. The molecule has 1 amide bonds. The normalized spacial score (nSPS) is 15.2.